The Morgan fingerprint density at radius 3 is 2.41 bits per heavy atom. The molecule has 0 saturated heterocycles. The summed E-state index contributed by atoms with van der Waals surface area (Å²) in [6.45, 7) is 15.9. The molecule has 0 aliphatic carbocycles. The van der Waals surface area contributed by atoms with Crippen LogP contribution in [0.15, 0.2) is 60.7 Å². The highest BCUT2D eigenvalue weighted by atomic mass is 35.5. The van der Waals surface area contributed by atoms with Crippen molar-refractivity contribution in [3.8, 4) is 5.75 Å². The zero-order chi connectivity index (χ0) is 28.3. The Morgan fingerprint density at radius 2 is 1.86 bits per heavy atom. The Hall–Kier alpha value is -2.90. The molecule has 0 fully saturated rings. The van der Waals surface area contributed by atoms with Crippen LogP contribution in [-0.2, 0) is 9.63 Å². The van der Waals surface area contributed by atoms with Crippen LogP contribution < -0.4 is 15.6 Å². The second-order valence-corrected chi connectivity index (χ2v) is 9.62. The number of hydrogen-bond acceptors (Lipinski definition) is 5. The molecule has 1 aromatic rings. The van der Waals surface area contributed by atoms with E-state index in [0.717, 1.165) is 42.6 Å². The monoisotopic (exact) mass is 534 g/mol. The number of allylic oxidation sites excluding steroid dienone is 3. The topological polar surface area (TPSA) is 117 Å². The number of unbranched alkanes of at least 4 members (excludes halogenated alkanes) is 1. The Kier molecular flexibility index (Phi) is 17.7. The van der Waals surface area contributed by atoms with E-state index in [1.54, 1.807) is 6.08 Å². The predicted molar refractivity (Wildman–Crippen MR) is 153 cm³/mol. The van der Waals surface area contributed by atoms with Gasteiger partial charge in [-0.1, -0.05) is 38.2 Å². The van der Waals surface area contributed by atoms with E-state index >= 15 is 0 Å². The molecule has 0 bridgehead atoms. The summed E-state index contributed by atoms with van der Waals surface area (Å²) in [7, 11) is 0. The molecule has 37 heavy (non-hydrogen) atoms. The van der Waals surface area contributed by atoms with Gasteiger partial charge in [0.05, 0.1) is 0 Å². The molecule has 1 rings (SSSR count). The minimum Gasteiger partial charge on any atom is -0.488 e. The van der Waals surface area contributed by atoms with E-state index in [2.05, 4.69) is 39.4 Å². The van der Waals surface area contributed by atoms with Crippen LogP contribution in [0.1, 0.15) is 78.2 Å². The van der Waals surface area contributed by atoms with Crippen molar-refractivity contribution in [3.63, 3.8) is 0 Å². The van der Waals surface area contributed by atoms with Crippen LogP contribution >= 0.6 is 11.6 Å². The van der Waals surface area contributed by atoms with Crippen LogP contribution in [0.25, 0.3) is 0 Å². The average molecular weight is 535 g/mol. The average Bonchev–Trinajstić information content (AvgIpc) is 2.84. The third-order valence-electron chi connectivity index (χ3n) is 5.21. The highest BCUT2D eigenvalue weighted by Crippen LogP contribution is 2.23. The fourth-order valence-corrected chi connectivity index (χ4v) is 3.34. The van der Waals surface area contributed by atoms with Crippen molar-refractivity contribution in [1.29, 1.82) is 5.41 Å². The lowest BCUT2D eigenvalue weighted by molar-refractivity contribution is -0.137. The molecule has 0 atom stereocenters. The van der Waals surface area contributed by atoms with Crippen LogP contribution in [0.5, 0.6) is 5.75 Å². The van der Waals surface area contributed by atoms with Crippen LogP contribution in [0.3, 0.4) is 0 Å². The van der Waals surface area contributed by atoms with Crippen LogP contribution in [-0.4, -0.2) is 40.7 Å². The van der Waals surface area contributed by atoms with Gasteiger partial charge in [-0.2, -0.15) is 5.48 Å². The lowest BCUT2D eigenvalue weighted by atomic mass is 10.0. The molecule has 0 aliphatic heterocycles. The van der Waals surface area contributed by atoms with Gasteiger partial charge in [0, 0.05) is 36.1 Å². The molecule has 0 spiro atoms. The van der Waals surface area contributed by atoms with Crippen molar-refractivity contribution in [2.24, 2.45) is 0 Å². The summed E-state index contributed by atoms with van der Waals surface area (Å²) in [6, 6.07) is 7.59. The van der Waals surface area contributed by atoms with Crippen molar-refractivity contribution >= 4 is 29.2 Å². The first kappa shape index (κ1) is 34.1. The summed E-state index contributed by atoms with van der Waals surface area (Å²) in [6.07, 6.45) is 8.66. The van der Waals surface area contributed by atoms with E-state index in [0.29, 0.717) is 36.6 Å². The zero-order valence-corrected chi connectivity index (χ0v) is 23.6. The summed E-state index contributed by atoms with van der Waals surface area (Å²) >= 11 is 5.43. The van der Waals surface area contributed by atoms with E-state index in [1.165, 1.54) is 6.08 Å². The maximum absolute atomic E-state index is 10.4. The van der Waals surface area contributed by atoms with Crippen molar-refractivity contribution in [3.05, 3.63) is 66.3 Å². The highest BCUT2D eigenvalue weighted by molar-refractivity contribution is 6.17. The molecule has 8 heteroatoms. The number of carboxylic acids is 1. The number of nitrogens with one attached hydrogen (secondary N) is 2. The van der Waals surface area contributed by atoms with E-state index < -0.39 is 5.97 Å². The molecular weight excluding hydrogens is 490 g/mol. The summed E-state index contributed by atoms with van der Waals surface area (Å²) in [5.41, 5.74) is 5.62. The summed E-state index contributed by atoms with van der Waals surface area (Å²) in [5.74, 6) is 0.634. The number of rotatable bonds is 17. The Labute approximate surface area is 227 Å². The maximum Gasteiger partial charge on any atom is 0.303 e. The Morgan fingerprint density at radius 1 is 1.22 bits per heavy atom. The molecule has 0 heterocycles. The van der Waals surface area contributed by atoms with Gasteiger partial charge < -0.3 is 14.7 Å². The molecule has 0 saturated carbocycles. The quantitative estimate of drug-likeness (QED) is 0.0515. The van der Waals surface area contributed by atoms with Gasteiger partial charge in [0.25, 0.3) is 0 Å². The first-order valence-corrected chi connectivity index (χ1v) is 13.2. The number of hydroxylamine groups is 1. The minimum atomic E-state index is -0.813. The number of benzene rings is 1. The molecule has 7 nitrogen and oxygen atoms in total. The fraction of sp³-hybridized carbons (Fsp3) is 0.483. The van der Waals surface area contributed by atoms with Crippen LogP contribution in [0, 0.1) is 5.41 Å². The van der Waals surface area contributed by atoms with Gasteiger partial charge in [0.1, 0.15) is 11.4 Å². The maximum atomic E-state index is 10.4. The SMILES string of the molecule is C=CC(=C)CCCCl.CCCC(C)(C)Oc1ccc(C(=[NH2+])/C(C)=C\C(=N)ONCCCCC(=O)O)cc1. The van der Waals surface area contributed by atoms with Gasteiger partial charge in [-0.3, -0.25) is 15.6 Å². The van der Waals surface area contributed by atoms with Crippen LogP contribution in [0.2, 0.25) is 0 Å². The zero-order valence-electron chi connectivity index (χ0n) is 22.9. The van der Waals surface area contributed by atoms with E-state index in [9.17, 15) is 4.79 Å². The summed E-state index contributed by atoms with van der Waals surface area (Å²) < 4.78 is 6.03. The van der Waals surface area contributed by atoms with Gasteiger partial charge >= 0.3 is 5.97 Å². The normalized spacial score (nSPS) is 11.1. The molecule has 206 valence electrons. The number of carbonyl (C=O) groups is 1. The first-order valence-electron chi connectivity index (χ1n) is 12.6. The summed E-state index contributed by atoms with van der Waals surface area (Å²) in [5, 5.41) is 22.6. The van der Waals surface area contributed by atoms with Gasteiger partial charge in [0.15, 0.2) is 0 Å². The number of nitrogens with two attached hydrogens (primary N) is 1. The third-order valence-corrected chi connectivity index (χ3v) is 5.47. The van der Waals surface area contributed by atoms with Crippen molar-refractivity contribution in [1.82, 2.24) is 5.48 Å². The molecule has 0 radical (unpaired) electrons. The Bertz CT molecular complexity index is 908. The highest BCUT2D eigenvalue weighted by Gasteiger charge is 2.19. The number of alkyl halides is 1. The van der Waals surface area contributed by atoms with Crippen LogP contribution in [0.4, 0.5) is 0 Å². The van der Waals surface area contributed by atoms with E-state index in [1.807, 2.05) is 31.2 Å². The van der Waals surface area contributed by atoms with Crippen molar-refractivity contribution in [2.75, 3.05) is 12.4 Å². The molecule has 5 N–H and O–H groups in total. The van der Waals surface area contributed by atoms with E-state index in [4.69, 9.17) is 37.1 Å². The number of aliphatic carboxylic acids is 1. The van der Waals surface area contributed by atoms with E-state index in [-0.39, 0.29) is 17.9 Å². The third kappa shape index (κ3) is 17.2. The second-order valence-electron chi connectivity index (χ2n) is 9.24. The lowest BCUT2D eigenvalue weighted by Crippen LogP contribution is -2.41. The van der Waals surface area contributed by atoms with Gasteiger partial charge in [-0.15, -0.1) is 11.6 Å². The number of halogens is 1. The molecule has 0 aromatic heterocycles. The lowest BCUT2D eigenvalue weighted by Gasteiger charge is -2.26. The molecule has 0 amide bonds. The smallest absolute Gasteiger partial charge is 0.303 e. The number of carboxylic acid groups (broad SMARTS) is 1. The largest absolute Gasteiger partial charge is 0.488 e. The van der Waals surface area contributed by atoms with Gasteiger partial charge in [-0.25, -0.2) is 0 Å². The molecule has 1 aromatic carbocycles. The molecular formula is C29H45ClN3O4+. The Balaban J connectivity index is 0.00000139. The molecule has 0 unspecified atom stereocenters. The van der Waals surface area contributed by atoms with Crippen molar-refractivity contribution in [2.45, 2.75) is 78.2 Å². The molecule has 0 aliphatic rings. The van der Waals surface area contributed by atoms with Gasteiger partial charge in [-0.05, 0) is 77.1 Å². The van der Waals surface area contributed by atoms with Gasteiger partial charge in [0.2, 0.25) is 11.6 Å². The standard InChI is InChI=1S/C22H33N3O4.C7H11Cl/c1-5-13-22(3,4)28-18-11-9-17(10-12-18)21(24)16(2)15-19(23)29-25-14-7-6-8-20(26)27;1-3-7(2)5-4-6-8/h9-12,15,23-25H,5-8,13-14H2,1-4H3,(H,26,27);3H,1-2,4-6H2/p+1/b16-15-,23-19?,24-21?;. The van der Waals surface area contributed by atoms with Crippen molar-refractivity contribution < 1.29 is 24.9 Å². The predicted octanol–water partition coefficient (Wildman–Crippen LogP) is 5.64. The first-order chi connectivity index (χ1) is 17.4. The second kappa shape index (κ2) is 19.2. The number of hydrogen-bond donors (Lipinski definition) is 4. The number of ether oxygens (including phenoxy) is 1. The fourth-order valence-electron chi connectivity index (χ4n) is 3.20. The minimum absolute atomic E-state index is 0.0649. The summed E-state index contributed by atoms with van der Waals surface area (Å²) in [4.78, 5) is 15.6.